The van der Waals surface area contributed by atoms with Gasteiger partial charge in [-0.3, -0.25) is 4.79 Å². The molecule has 2 unspecified atom stereocenters. The Labute approximate surface area is 95.6 Å². The van der Waals surface area contributed by atoms with Gasteiger partial charge in [0, 0.05) is 11.6 Å². The monoisotopic (exact) mass is 219 g/mol. The van der Waals surface area contributed by atoms with E-state index in [1.807, 2.05) is 38.1 Å². The first-order chi connectivity index (χ1) is 7.54. The molecule has 2 atom stereocenters. The summed E-state index contributed by atoms with van der Waals surface area (Å²) in [4.78, 5) is 12.3. The van der Waals surface area contributed by atoms with Crippen molar-refractivity contribution >= 4 is 5.78 Å². The quantitative estimate of drug-likeness (QED) is 0.768. The summed E-state index contributed by atoms with van der Waals surface area (Å²) in [5.74, 6) is 0.0810. The van der Waals surface area contributed by atoms with Crippen LogP contribution in [0.3, 0.4) is 0 Å². The van der Waals surface area contributed by atoms with Gasteiger partial charge in [0.1, 0.15) is 0 Å². The number of nitrogens with two attached hydrogens (primary N) is 1. The Kier molecular flexibility index (Phi) is 2.82. The molecule has 0 spiro atoms. The molecule has 1 aliphatic rings. The molecule has 1 aliphatic heterocycles. The molecule has 1 aromatic carbocycles. The van der Waals surface area contributed by atoms with Gasteiger partial charge >= 0.3 is 0 Å². The van der Waals surface area contributed by atoms with Gasteiger partial charge in [0.05, 0.1) is 18.6 Å². The van der Waals surface area contributed by atoms with Crippen molar-refractivity contribution in [2.24, 2.45) is 11.1 Å². The molecule has 0 amide bonds. The van der Waals surface area contributed by atoms with Crippen molar-refractivity contribution < 1.29 is 9.53 Å². The van der Waals surface area contributed by atoms with E-state index < -0.39 is 5.41 Å². The number of rotatable bonds is 2. The second kappa shape index (κ2) is 4.00. The van der Waals surface area contributed by atoms with Crippen LogP contribution in [0.4, 0.5) is 0 Å². The molecule has 16 heavy (non-hydrogen) atoms. The third-order valence-corrected chi connectivity index (χ3v) is 3.35. The summed E-state index contributed by atoms with van der Waals surface area (Å²) in [6.07, 6.45) is 0. The molecule has 0 bridgehead atoms. The predicted molar refractivity (Wildman–Crippen MR) is 62.4 cm³/mol. The molecule has 0 aromatic heterocycles. The number of hydrogen-bond acceptors (Lipinski definition) is 3. The van der Waals surface area contributed by atoms with Gasteiger partial charge in [-0.1, -0.05) is 29.8 Å². The summed E-state index contributed by atoms with van der Waals surface area (Å²) < 4.78 is 5.29. The van der Waals surface area contributed by atoms with Crippen LogP contribution in [0.25, 0.3) is 0 Å². The van der Waals surface area contributed by atoms with Gasteiger partial charge in [-0.05, 0) is 13.8 Å². The molecule has 86 valence electrons. The van der Waals surface area contributed by atoms with Crippen LogP contribution in [0, 0.1) is 12.3 Å². The minimum absolute atomic E-state index is 0.0810. The van der Waals surface area contributed by atoms with E-state index in [4.69, 9.17) is 10.5 Å². The Morgan fingerprint density at radius 2 is 2.06 bits per heavy atom. The Morgan fingerprint density at radius 1 is 1.44 bits per heavy atom. The lowest BCUT2D eigenvalue weighted by molar-refractivity contribution is 0.0768. The average molecular weight is 219 g/mol. The highest BCUT2D eigenvalue weighted by Gasteiger charge is 2.44. The smallest absolute Gasteiger partial charge is 0.172 e. The second-order valence-corrected chi connectivity index (χ2v) is 4.73. The van der Waals surface area contributed by atoms with E-state index in [1.54, 1.807) is 0 Å². The van der Waals surface area contributed by atoms with Crippen LogP contribution in [-0.4, -0.2) is 25.0 Å². The van der Waals surface area contributed by atoms with Crippen molar-refractivity contribution in [3.05, 3.63) is 35.4 Å². The fourth-order valence-electron chi connectivity index (χ4n) is 1.96. The van der Waals surface area contributed by atoms with Gasteiger partial charge in [-0.25, -0.2) is 0 Å². The molecule has 2 N–H and O–H groups in total. The maximum Gasteiger partial charge on any atom is 0.172 e. The van der Waals surface area contributed by atoms with Gasteiger partial charge < -0.3 is 10.5 Å². The summed E-state index contributed by atoms with van der Waals surface area (Å²) in [5, 5.41) is 0. The molecule has 1 fully saturated rings. The molecule has 3 nitrogen and oxygen atoms in total. The van der Waals surface area contributed by atoms with Crippen molar-refractivity contribution in [2.75, 3.05) is 13.2 Å². The van der Waals surface area contributed by atoms with Gasteiger partial charge in [0.2, 0.25) is 0 Å². The van der Waals surface area contributed by atoms with E-state index in [2.05, 4.69) is 0 Å². The maximum atomic E-state index is 12.3. The van der Waals surface area contributed by atoms with Gasteiger partial charge in [-0.15, -0.1) is 0 Å². The number of hydrogen-bond donors (Lipinski definition) is 1. The molecule has 3 heteroatoms. The lowest BCUT2D eigenvalue weighted by Gasteiger charge is -2.25. The largest absolute Gasteiger partial charge is 0.379 e. The standard InChI is InChI=1S/C13H17NO2/c1-9-3-5-10(6-4-9)12(15)13(2)8-16-7-11(13)14/h3-6,11H,7-8,14H2,1-2H3. The number of ketones is 1. The highest BCUT2D eigenvalue weighted by Crippen LogP contribution is 2.31. The highest BCUT2D eigenvalue weighted by molar-refractivity contribution is 6.01. The molecule has 2 rings (SSSR count). The number of carbonyl (C=O) groups is 1. The number of Topliss-reactive ketones (excluding diaryl/α,β-unsaturated/α-hetero) is 1. The van der Waals surface area contributed by atoms with Gasteiger partial charge in [0.25, 0.3) is 0 Å². The first-order valence-corrected chi connectivity index (χ1v) is 5.49. The molecule has 0 aliphatic carbocycles. The number of ether oxygens (including phenoxy) is 1. The lowest BCUT2D eigenvalue weighted by Crippen LogP contribution is -2.44. The van der Waals surface area contributed by atoms with Crippen LogP contribution in [-0.2, 0) is 4.74 Å². The predicted octanol–water partition coefficient (Wildman–Crippen LogP) is 1.54. The van der Waals surface area contributed by atoms with Crippen molar-refractivity contribution in [1.29, 1.82) is 0 Å². The van der Waals surface area contributed by atoms with Crippen LogP contribution >= 0.6 is 0 Å². The van der Waals surface area contributed by atoms with E-state index in [1.165, 1.54) is 0 Å². The minimum Gasteiger partial charge on any atom is -0.379 e. The molecule has 1 saturated heterocycles. The zero-order valence-electron chi connectivity index (χ0n) is 9.69. The van der Waals surface area contributed by atoms with Crippen molar-refractivity contribution in [1.82, 2.24) is 0 Å². The molecule has 0 saturated carbocycles. The molecule has 0 radical (unpaired) electrons. The van der Waals surface area contributed by atoms with Crippen molar-refractivity contribution in [3.8, 4) is 0 Å². The zero-order valence-corrected chi connectivity index (χ0v) is 9.69. The second-order valence-electron chi connectivity index (χ2n) is 4.73. The summed E-state index contributed by atoms with van der Waals surface area (Å²) in [6.45, 7) is 4.77. The number of aryl methyl sites for hydroxylation is 1. The maximum absolute atomic E-state index is 12.3. The Morgan fingerprint density at radius 3 is 2.56 bits per heavy atom. The third-order valence-electron chi connectivity index (χ3n) is 3.35. The molecular formula is C13H17NO2. The molecule has 1 aromatic rings. The highest BCUT2D eigenvalue weighted by atomic mass is 16.5. The van der Waals surface area contributed by atoms with Crippen LogP contribution in [0.2, 0.25) is 0 Å². The normalized spacial score (nSPS) is 29.3. The summed E-state index contributed by atoms with van der Waals surface area (Å²) in [7, 11) is 0. The Hall–Kier alpha value is -1.19. The fraction of sp³-hybridized carbons (Fsp3) is 0.462. The van der Waals surface area contributed by atoms with Crippen LogP contribution in [0.5, 0.6) is 0 Å². The van der Waals surface area contributed by atoms with E-state index in [-0.39, 0.29) is 11.8 Å². The first kappa shape index (κ1) is 11.3. The lowest BCUT2D eigenvalue weighted by atomic mass is 9.78. The van der Waals surface area contributed by atoms with E-state index in [9.17, 15) is 4.79 Å². The first-order valence-electron chi connectivity index (χ1n) is 5.49. The van der Waals surface area contributed by atoms with Crippen LogP contribution < -0.4 is 5.73 Å². The molecule has 1 heterocycles. The number of carbonyl (C=O) groups excluding carboxylic acids is 1. The van der Waals surface area contributed by atoms with Crippen LogP contribution in [0.1, 0.15) is 22.8 Å². The average Bonchev–Trinajstić information content (AvgIpc) is 2.61. The van der Waals surface area contributed by atoms with Gasteiger partial charge in [-0.2, -0.15) is 0 Å². The van der Waals surface area contributed by atoms with Gasteiger partial charge in [0.15, 0.2) is 5.78 Å². The number of benzene rings is 1. The summed E-state index contributed by atoms with van der Waals surface area (Å²) in [5.41, 5.74) is 7.23. The van der Waals surface area contributed by atoms with E-state index in [0.717, 1.165) is 5.56 Å². The summed E-state index contributed by atoms with van der Waals surface area (Å²) >= 11 is 0. The van der Waals surface area contributed by atoms with Crippen molar-refractivity contribution in [2.45, 2.75) is 19.9 Å². The summed E-state index contributed by atoms with van der Waals surface area (Å²) in [6, 6.07) is 7.39. The Balaban J connectivity index is 2.28. The zero-order chi connectivity index (χ0) is 11.8. The minimum atomic E-state index is -0.574. The third kappa shape index (κ3) is 1.77. The SMILES string of the molecule is Cc1ccc(C(=O)C2(C)COCC2N)cc1. The van der Waals surface area contributed by atoms with Crippen LogP contribution in [0.15, 0.2) is 24.3 Å². The van der Waals surface area contributed by atoms with Crippen molar-refractivity contribution in [3.63, 3.8) is 0 Å². The fourth-order valence-corrected chi connectivity index (χ4v) is 1.96. The Bertz CT molecular complexity index is 399. The topological polar surface area (TPSA) is 52.3 Å². The van der Waals surface area contributed by atoms with E-state index >= 15 is 0 Å². The molecular weight excluding hydrogens is 202 g/mol. The van der Waals surface area contributed by atoms with E-state index in [0.29, 0.717) is 18.8 Å².